The van der Waals surface area contributed by atoms with Crippen LogP contribution in [-0.2, 0) is 16.1 Å². The highest BCUT2D eigenvalue weighted by molar-refractivity contribution is 5.92. The summed E-state index contributed by atoms with van der Waals surface area (Å²) >= 11 is 0. The van der Waals surface area contributed by atoms with E-state index < -0.39 is 17.8 Å². The molecule has 1 aliphatic rings. The number of H-pyrrole nitrogens is 1. The van der Waals surface area contributed by atoms with Gasteiger partial charge in [0.25, 0.3) is 0 Å². The van der Waals surface area contributed by atoms with Crippen LogP contribution in [-0.4, -0.2) is 63.9 Å². The number of likely N-dealkylation sites (tertiary alicyclic amines) is 1. The summed E-state index contributed by atoms with van der Waals surface area (Å²) in [6, 6.07) is 31.1. The van der Waals surface area contributed by atoms with Gasteiger partial charge in [0.1, 0.15) is 11.4 Å². The normalized spacial score (nSPS) is 14.9. The zero-order valence-electron chi connectivity index (χ0n) is 28.5. The summed E-state index contributed by atoms with van der Waals surface area (Å²) in [4.78, 5) is 42.2. The number of phenols is 1. The Labute approximate surface area is 296 Å². The van der Waals surface area contributed by atoms with Gasteiger partial charge in [-0.3, -0.25) is 14.9 Å². The lowest BCUT2D eigenvalue weighted by molar-refractivity contribution is -0.116. The van der Waals surface area contributed by atoms with Gasteiger partial charge in [0, 0.05) is 61.8 Å². The number of aliphatic hydroxyl groups is 1. The number of para-hydroxylation sites is 1. The number of aromatic nitrogens is 1. The number of fused-ring (bicyclic) bond motifs is 1. The zero-order chi connectivity index (χ0) is 35.8. The van der Waals surface area contributed by atoms with Crippen LogP contribution in [0.4, 0.5) is 16.2 Å². The fraction of sp³-hybridized carbons (Fsp3) is 0.275. The predicted octanol–water partition coefficient (Wildman–Crippen LogP) is 6.16. The van der Waals surface area contributed by atoms with Crippen molar-refractivity contribution in [2.24, 2.45) is 0 Å². The van der Waals surface area contributed by atoms with Crippen LogP contribution in [0.2, 0.25) is 0 Å². The van der Waals surface area contributed by atoms with E-state index in [-0.39, 0.29) is 23.8 Å². The standard InChI is InChI=1S/C40H43N5O6/c1-40(51-39(50)43-33-10-6-5-9-30(33)28-7-3-2-4-8-28)20-23-45(24-21-40)22-19-37(49)42-29-13-11-27(12-14-29)25-41-26-35(47)31-15-17-34(46)38-32(31)16-18-36(48)44-38/h2-18,35,41,46-47H,19-26H2,1H3,(H,42,49)(H,43,50)(H,44,48)/t35-/m1/s1. The number of nitrogens with zero attached hydrogens (tertiary/aromatic N) is 1. The van der Waals surface area contributed by atoms with Gasteiger partial charge in [-0.25, -0.2) is 4.79 Å². The number of aliphatic hydroxyl groups excluding tert-OH is 1. The Morgan fingerprint density at radius 1 is 0.902 bits per heavy atom. The first-order chi connectivity index (χ1) is 24.7. The molecular weight excluding hydrogens is 646 g/mol. The van der Waals surface area contributed by atoms with Crippen LogP contribution < -0.4 is 21.5 Å². The number of hydrogen-bond acceptors (Lipinski definition) is 8. The summed E-state index contributed by atoms with van der Waals surface area (Å²) in [5.74, 6) is -0.129. The molecule has 0 radical (unpaired) electrons. The molecule has 1 aliphatic heterocycles. The summed E-state index contributed by atoms with van der Waals surface area (Å²) in [5.41, 5.74) is 4.29. The van der Waals surface area contributed by atoms with Crippen LogP contribution in [0.15, 0.2) is 108 Å². The summed E-state index contributed by atoms with van der Waals surface area (Å²) in [5, 5.41) is 30.6. The third-order valence-electron chi connectivity index (χ3n) is 9.33. The van der Waals surface area contributed by atoms with Crippen molar-refractivity contribution in [1.29, 1.82) is 0 Å². The second-order valence-electron chi connectivity index (χ2n) is 13.1. The van der Waals surface area contributed by atoms with E-state index in [0.29, 0.717) is 60.2 Å². The van der Waals surface area contributed by atoms with Crippen molar-refractivity contribution in [3.63, 3.8) is 0 Å². The van der Waals surface area contributed by atoms with Gasteiger partial charge in [0.15, 0.2) is 0 Å². The van der Waals surface area contributed by atoms with Gasteiger partial charge in [0.2, 0.25) is 11.5 Å². The van der Waals surface area contributed by atoms with Crippen molar-refractivity contribution < 1.29 is 24.5 Å². The molecule has 1 saturated heterocycles. The van der Waals surface area contributed by atoms with Crippen molar-refractivity contribution in [3.05, 3.63) is 125 Å². The van der Waals surface area contributed by atoms with Crippen molar-refractivity contribution in [2.75, 3.05) is 36.8 Å². The highest BCUT2D eigenvalue weighted by Crippen LogP contribution is 2.31. The third kappa shape index (κ3) is 9.20. The molecule has 11 heteroatoms. The van der Waals surface area contributed by atoms with Crippen molar-refractivity contribution in [2.45, 2.75) is 44.4 Å². The maximum atomic E-state index is 12.9. The highest BCUT2D eigenvalue weighted by Gasteiger charge is 2.34. The van der Waals surface area contributed by atoms with Gasteiger partial charge >= 0.3 is 6.09 Å². The van der Waals surface area contributed by atoms with E-state index >= 15 is 0 Å². The number of carbonyl (C=O) groups excluding carboxylic acids is 2. The molecule has 0 bridgehead atoms. The minimum Gasteiger partial charge on any atom is -0.506 e. The Kier molecular flexibility index (Phi) is 11.1. The second kappa shape index (κ2) is 16.0. The van der Waals surface area contributed by atoms with Gasteiger partial charge in [-0.05, 0) is 66.8 Å². The van der Waals surface area contributed by atoms with E-state index in [4.69, 9.17) is 4.74 Å². The van der Waals surface area contributed by atoms with Crippen LogP contribution in [0.5, 0.6) is 5.75 Å². The van der Waals surface area contributed by atoms with Crippen molar-refractivity contribution in [3.8, 4) is 16.9 Å². The quantitative estimate of drug-likeness (QED) is 0.0911. The number of ether oxygens (including phenoxy) is 1. The van der Waals surface area contributed by atoms with Crippen LogP contribution >= 0.6 is 0 Å². The average Bonchev–Trinajstić information content (AvgIpc) is 3.13. The fourth-order valence-corrected chi connectivity index (χ4v) is 6.37. The first-order valence-corrected chi connectivity index (χ1v) is 17.2. The van der Waals surface area contributed by atoms with Crippen molar-refractivity contribution >= 4 is 34.3 Å². The number of carbonyl (C=O) groups is 2. The summed E-state index contributed by atoms with van der Waals surface area (Å²) in [6.45, 7) is 4.76. The molecule has 264 valence electrons. The zero-order valence-corrected chi connectivity index (χ0v) is 28.5. The monoisotopic (exact) mass is 689 g/mol. The molecule has 0 unspecified atom stereocenters. The molecule has 6 N–H and O–H groups in total. The number of nitrogens with one attached hydrogen (secondary N) is 4. The fourth-order valence-electron chi connectivity index (χ4n) is 6.37. The molecule has 6 rings (SSSR count). The molecule has 1 fully saturated rings. The van der Waals surface area contributed by atoms with Crippen LogP contribution in [0.25, 0.3) is 22.0 Å². The third-order valence-corrected chi connectivity index (χ3v) is 9.33. The number of phenolic OH excluding ortho intramolecular Hbond substituents is 1. The first kappa shape index (κ1) is 35.3. The Balaban J connectivity index is 0.903. The summed E-state index contributed by atoms with van der Waals surface area (Å²) in [7, 11) is 0. The molecule has 2 heterocycles. The SMILES string of the molecule is CC1(OC(=O)Nc2ccccc2-c2ccccc2)CCN(CCC(=O)Nc2ccc(CNC[C@@H](O)c3ccc(O)c4[nH]c(=O)ccc34)cc2)CC1. The Morgan fingerprint density at radius 2 is 1.63 bits per heavy atom. The lowest BCUT2D eigenvalue weighted by atomic mass is 9.93. The maximum Gasteiger partial charge on any atom is 0.412 e. The van der Waals surface area contributed by atoms with Crippen molar-refractivity contribution in [1.82, 2.24) is 15.2 Å². The van der Waals surface area contributed by atoms with Crippen LogP contribution in [0.1, 0.15) is 43.4 Å². The molecule has 0 saturated carbocycles. The van der Waals surface area contributed by atoms with Crippen LogP contribution in [0.3, 0.4) is 0 Å². The number of pyridine rings is 1. The Bertz CT molecular complexity index is 2020. The highest BCUT2D eigenvalue weighted by atomic mass is 16.6. The average molecular weight is 690 g/mol. The molecule has 4 aromatic carbocycles. The molecule has 1 atom stereocenters. The van der Waals surface area contributed by atoms with E-state index in [0.717, 1.165) is 29.8 Å². The van der Waals surface area contributed by atoms with E-state index in [9.17, 15) is 24.6 Å². The number of aromatic amines is 1. The molecule has 2 amide bonds. The number of anilines is 2. The van der Waals surface area contributed by atoms with E-state index in [1.54, 1.807) is 12.1 Å². The number of hydrogen-bond donors (Lipinski definition) is 6. The largest absolute Gasteiger partial charge is 0.506 e. The summed E-state index contributed by atoms with van der Waals surface area (Å²) < 4.78 is 5.92. The van der Waals surface area contributed by atoms with Gasteiger partial charge in [-0.2, -0.15) is 0 Å². The van der Waals surface area contributed by atoms with Gasteiger partial charge in [-0.1, -0.05) is 66.7 Å². The predicted molar refractivity (Wildman–Crippen MR) is 199 cm³/mol. The molecule has 0 aliphatic carbocycles. The lowest BCUT2D eigenvalue weighted by Gasteiger charge is -2.38. The first-order valence-electron chi connectivity index (χ1n) is 17.2. The molecular formula is C40H43N5O6. The summed E-state index contributed by atoms with van der Waals surface area (Å²) in [6.07, 6.45) is 0.347. The molecule has 0 spiro atoms. The van der Waals surface area contributed by atoms with Crippen LogP contribution in [0, 0.1) is 0 Å². The molecule has 5 aromatic rings. The van der Waals surface area contributed by atoms with E-state index in [1.165, 1.54) is 12.1 Å². The minimum absolute atomic E-state index is 0.0522. The number of aromatic hydroxyl groups is 1. The Morgan fingerprint density at radius 3 is 2.39 bits per heavy atom. The second-order valence-corrected chi connectivity index (χ2v) is 13.1. The topological polar surface area (TPSA) is 156 Å². The van der Waals surface area contributed by atoms with Gasteiger partial charge < -0.3 is 35.5 Å². The van der Waals surface area contributed by atoms with Gasteiger partial charge in [-0.15, -0.1) is 0 Å². The van der Waals surface area contributed by atoms with Gasteiger partial charge in [0.05, 0.1) is 17.3 Å². The number of piperidine rings is 1. The molecule has 1 aromatic heterocycles. The minimum atomic E-state index is -0.855. The number of rotatable bonds is 12. The smallest absolute Gasteiger partial charge is 0.412 e. The maximum absolute atomic E-state index is 12.9. The molecule has 51 heavy (non-hydrogen) atoms. The van der Waals surface area contributed by atoms with E-state index in [1.807, 2.05) is 85.8 Å². The number of amides is 2. The lowest BCUT2D eigenvalue weighted by Crippen LogP contribution is -2.46. The van der Waals surface area contributed by atoms with E-state index in [2.05, 4.69) is 25.8 Å². The Hall–Kier alpha value is -5.49. The number of benzene rings is 4. The molecule has 11 nitrogen and oxygen atoms in total.